The molecule has 5 nitrogen and oxygen atoms in total. The first-order chi connectivity index (χ1) is 9.24. The van der Waals surface area contributed by atoms with Gasteiger partial charge >= 0.3 is 0 Å². The molecule has 1 saturated heterocycles. The van der Waals surface area contributed by atoms with Crippen LogP contribution in [-0.4, -0.2) is 48.6 Å². The highest BCUT2D eigenvalue weighted by Gasteiger charge is 2.26. The van der Waals surface area contributed by atoms with E-state index in [-0.39, 0.29) is 11.9 Å². The van der Waals surface area contributed by atoms with Crippen LogP contribution in [0.2, 0.25) is 0 Å². The molecule has 2 heterocycles. The van der Waals surface area contributed by atoms with Gasteiger partial charge in [0.1, 0.15) is 0 Å². The summed E-state index contributed by atoms with van der Waals surface area (Å²) in [6.45, 7) is 4.29. The van der Waals surface area contributed by atoms with Crippen molar-refractivity contribution in [3.05, 3.63) is 24.0 Å². The first-order valence-corrected chi connectivity index (χ1v) is 6.76. The second-order valence-corrected chi connectivity index (χ2v) is 4.78. The lowest BCUT2D eigenvalue weighted by Crippen LogP contribution is -2.37. The smallest absolute Gasteiger partial charge is 0.256 e. The molecule has 0 bridgehead atoms. The number of nitrogens with zero attached hydrogens (tertiary/aromatic N) is 2. The van der Waals surface area contributed by atoms with E-state index in [1.54, 1.807) is 23.4 Å². The van der Waals surface area contributed by atoms with Crippen LogP contribution in [0.4, 0.5) is 5.69 Å². The molecule has 1 amide bonds. The minimum atomic E-state index is 0.0245. The van der Waals surface area contributed by atoms with Crippen molar-refractivity contribution in [2.75, 3.05) is 32.1 Å². The molecular weight excluding hydrogens is 242 g/mol. The van der Waals surface area contributed by atoms with Gasteiger partial charge in [-0.1, -0.05) is 6.92 Å². The van der Waals surface area contributed by atoms with Gasteiger partial charge in [-0.3, -0.25) is 9.78 Å². The quantitative estimate of drug-likeness (QED) is 0.879. The Morgan fingerprint density at radius 2 is 2.47 bits per heavy atom. The fraction of sp³-hybridized carbons (Fsp3) is 0.571. The Bertz CT molecular complexity index is 430. The third-order valence-corrected chi connectivity index (χ3v) is 3.39. The SMILES string of the molecule is CCCNc1cnccc1C(=O)N(C)C1CCOC1. The van der Waals surface area contributed by atoms with Crippen molar-refractivity contribution in [1.29, 1.82) is 0 Å². The van der Waals surface area contributed by atoms with E-state index in [9.17, 15) is 4.79 Å². The van der Waals surface area contributed by atoms with E-state index in [0.717, 1.165) is 31.7 Å². The lowest BCUT2D eigenvalue weighted by Gasteiger charge is -2.24. The van der Waals surface area contributed by atoms with Gasteiger partial charge in [0.2, 0.25) is 0 Å². The lowest BCUT2D eigenvalue weighted by molar-refractivity contribution is 0.0712. The number of pyridine rings is 1. The van der Waals surface area contributed by atoms with Crippen molar-refractivity contribution in [2.24, 2.45) is 0 Å². The van der Waals surface area contributed by atoms with Gasteiger partial charge in [-0.2, -0.15) is 0 Å². The number of carbonyl (C=O) groups is 1. The van der Waals surface area contributed by atoms with Gasteiger partial charge in [-0.15, -0.1) is 0 Å². The number of carbonyl (C=O) groups excluding carboxylic acids is 1. The van der Waals surface area contributed by atoms with Crippen LogP contribution in [0.15, 0.2) is 18.5 Å². The average Bonchev–Trinajstić information content (AvgIpc) is 2.98. The summed E-state index contributed by atoms with van der Waals surface area (Å²) < 4.78 is 5.34. The van der Waals surface area contributed by atoms with Crippen LogP contribution in [-0.2, 0) is 4.74 Å². The highest BCUT2D eigenvalue weighted by atomic mass is 16.5. The first kappa shape index (κ1) is 13.8. The Hall–Kier alpha value is -1.62. The van der Waals surface area contributed by atoms with Crippen molar-refractivity contribution in [2.45, 2.75) is 25.8 Å². The molecule has 2 rings (SSSR count). The summed E-state index contributed by atoms with van der Waals surface area (Å²) in [5.74, 6) is 0.0245. The molecule has 0 radical (unpaired) electrons. The van der Waals surface area contributed by atoms with Crippen molar-refractivity contribution in [1.82, 2.24) is 9.88 Å². The Balaban J connectivity index is 2.13. The maximum absolute atomic E-state index is 12.5. The minimum absolute atomic E-state index is 0.0245. The van der Waals surface area contributed by atoms with Crippen molar-refractivity contribution >= 4 is 11.6 Å². The monoisotopic (exact) mass is 263 g/mol. The molecule has 1 aromatic rings. The van der Waals surface area contributed by atoms with Crippen molar-refractivity contribution < 1.29 is 9.53 Å². The average molecular weight is 263 g/mol. The second kappa shape index (κ2) is 6.52. The number of ether oxygens (including phenoxy) is 1. The second-order valence-electron chi connectivity index (χ2n) is 4.78. The largest absolute Gasteiger partial charge is 0.383 e. The van der Waals surface area contributed by atoms with Crippen LogP contribution < -0.4 is 5.32 Å². The third kappa shape index (κ3) is 3.23. The summed E-state index contributed by atoms with van der Waals surface area (Å²) >= 11 is 0. The number of nitrogens with one attached hydrogen (secondary N) is 1. The number of rotatable bonds is 5. The zero-order valence-electron chi connectivity index (χ0n) is 11.6. The van der Waals surface area contributed by atoms with Crippen LogP contribution in [0.5, 0.6) is 0 Å². The van der Waals surface area contributed by atoms with Gasteiger partial charge in [-0.05, 0) is 18.9 Å². The topological polar surface area (TPSA) is 54.5 Å². The van der Waals surface area contributed by atoms with E-state index >= 15 is 0 Å². The van der Waals surface area contributed by atoms with Crippen LogP contribution >= 0.6 is 0 Å². The van der Waals surface area contributed by atoms with Gasteiger partial charge in [0, 0.05) is 26.4 Å². The molecule has 0 aliphatic carbocycles. The zero-order chi connectivity index (χ0) is 13.7. The molecule has 1 atom stereocenters. The third-order valence-electron chi connectivity index (χ3n) is 3.39. The molecule has 1 aliphatic heterocycles. The Labute approximate surface area is 114 Å². The van der Waals surface area contributed by atoms with Crippen LogP contribution in [0, 0.1) is 0 Å². The first-order valence-electron chi connectivity index (χ1n) is 6.76. The summed E-state index contributed by atoms with van der Waals surface area (Å²) in [5, 5.41) is 3.25. The van der Waals surface area contributed by atoms with Gasteiger partial charge in [0.05, 0.1) is 30.1 Å². The highest BCUT2D eigenvalue weighted by molar-refractivity contribution is 5.99. The molecule has 1 N–H and O–H groups in total. The molecule has 1 fully saturated rings. The molecule has 0 saturated carbocycles. The van der Waals surface area contributed by atoms with E-state index < -0.39 is 0 Å². The predicted octanol–water partition coefficient (Wildman–Crippen LogP) is 1.76. The van der Waals surface area contributed by atoms with Crippen LogP contribution in [0.1, 0.15) is 30.1 Å². The molecule has 19 heavy (non-hydrogen) atoms. The minimum Gasteiger partial charge on any atom is -0.383 e. The van der Waals surface area contributed by atoms with Crippen molar-refractivity contribution in [3.63, 3.8) is 0 Å². The highest BCUT2D eigenvalue weighted by Crippen LogP contribution is 2.19. The lowest BCUT2D eigenvalue weighted by atomic mass is 10.1. The molecule has 0 spiro atoms. The fourth-order valence-corrected chi connectivity index (χ4v) is 2.16. The van der Waals surface area contributed by atoms with E-state index in [2.05, 4.69) is 17.2 Å². The molecule has 1 unspecified atom stereocenters. The van der Waals surface area contributed by atoms with Gasteiger partial charge in [-0.25, -0.2) is 0 Å². The van der Waals surface area contributed by atoms with Gasteiger partial charge in [0.25, 0.3) is 5.91 Å². The Morgan fingerprint density at radius 1 is 1.63 bits per heavy atom. The normalized spacial score (nSPS) is 18.3. The molecule has 0 aromatic carbocycles. The number of hydrogen-bond donors (Lipinski definition) is 1. The van der Waals surface area contributed by atoms with Crippen LogP contribution in [0.3, 0.4) is 0 Å². The van der Waals surface area contributed by atoms with E-state index in [1.165, 1.54) is 0 Å². The molecule has 104 valence electrons. The molecule has 5 heteroatoms. The maximum atomic E-state index is 12.5. The Kier molecular flexibility index (Phi) is 4.74. The number of anilines is 1. The van der Waals surface area contributed by atoms with Crippen molar-refractivity contribution in [3.8, 4) is 0 Å². The number of aromatic nitrogens is 1. The van der Waals surface area contributed by atoms with E-state index in [4.69, 9.17) is 4.74 Å². The van der Waals surface area contributed by atoms with Gasteiger partial charge in [0.15, 0.2) is 0 Å². The van der Waals surface area contributed by atoms with Crippen LogP contribution in [0.25, 0.3) is 0 Å². The fourth-order valence-electron chi connectivity index (χ4n) is 2.16. The molecule has 1 aliphatic rings. The summed E-state index contributed by atoms with van der Waals surface area (Å²) in [4.78, 5) is 18.4. The molecular formula is C14H21N3O2. The Morgan fingerprint density at radius 3 is 3.16 bits per heavy atom. The number of hydrogen-bond acceptors (Lipinski definition) is 4. The summed E-state index contributed by atoms with van der Waals surface area (Å²) in [7, 11) is 1.84. The molecule has 1 aromatic heterocycles. The standard InChI is InChI=1S/C14H21N3O2/c1-3-6-16-13-9-15-7-4-12(13)14(18)17(2)11-5-8-19-10-11/h4,7,9,11,16H,3,5-6,8,10H2,1-2H3. The predicted molar refractivity (Wildman–Crippen MR) is 74.3 cm³/mol. The summed E-state index contributed by atoms with van der Waals surface area (Å²) in [6.07, 6.45) is 5.28. The maximum Gasteiger partial charge on any atom is 0.256 e. The number of amides is 1. The summed E-state index contributed by atoms with van der Waals surface area (Å²) in [5.41, 5.74) is 1.48. The number of likely N-dealkylation sites (N-methyl/N-ethyl adjacent to an activating group) is 1. The summed E-state index contributed by atoms with van der Waals surface area (Å²) in [6, 6.07) is 1.95. The van der Waals surface area contributed by atoms with E-state index in [0.29, 0.717) is 12.2 Å². The van der Waals surface area contributed by atoms with E-state index in [1.807, 2.05) is 7.05 Å². The zero-order valence-corrected chi connectivity index (χ0v) is 11.6. The van der Waals surface area contributed by atoms with Gasteiger partial charge < -0.3 is 15.0 Å².